The molecule has 0 saturated carbocycles. The highest BCUT2D eigenvalue weighted by atomic mass is 35.5. The van der Waals surface area contributed by atoms with Gasteiger partial charge < -0.3 is 10.1 Å². The van der Waals surface area contributed by atoms with Crippen molar-refractivity contribution in [2.75, 3.05) is 18.8 Å². The van der Waals surface area contributed by atoms with Gasteiger partial charge in [-0.1, -0.05) is 58.5 Å². The van der Waals surface area contributed by atoms with Crippen molar-refractivity contribution >= 4 is 69.8 Å². The molecule has 0 aliphatic carbocycles. The first kappa shape index (κ1) is 27.3. The van der Waals surface area contributed by atoms with E-state index >= 15 is 0 Å². The molecule has 0 fully saturated rings. The lowest BCUT2D eigenvalue weighted by atomic mass is 9.91. The van der Waals surface area contributed by atoms with Gasteiger partial charge in [-0.05, 0) is 29.8 Å². The summed E-state index contributed by atoms with van der Waals surface area (Å²) >= 11 is 25.4. The molecule has 0 aromatic heterocycles. The van der Waals surface area contributed by atoms with Crippen molar-refractivity contribution in [2.45, 2.75) is 18.3 Å². The number of hydrogen-bond donors (Lipinski definition) is 2. The van der Waals surface area contributed by atoms with Crippen molar-refractivity contribution in [3.63, 3.8) is 0 Å². The second-order valence-corrected chi connectivity index (χ2v) is 9.62. The number of nitrogens with one attached hydrogen (secondary N) is 2. The number of rotatable bonds is 8. The molecule has 1 aliphatic heterocycles. The van der Waals surface area contributed by atoms with Crippen LogP contribution in [-0.2, 0) is 26.5 Å². The van der Waals surface area contributed by atoms with Crippen molar-refractivity contribution in [3.8, 4) is 0 Å². The zero-order valence-corrected chi connectivity index (χ0v) is 21.2. The number of carbonyl (C=O) groups excluding carboxylic acids is 1. The minimum absolute atomic E-state index is 0.0352. The van der Waals surface area contributed by atoms with Crippen molar-refractivity contribution in [2.24, 2.45) is 0 Å². The number of halogens is 7. The van der Waals surface area contributed by atoms with E-state index < -0.39 is 11.8 Å². The fraction of sp³-hybridized carbons (Fsp3) is 0.286. The van der Waals surface area contributed by atoms with Crippen LogP contribution in [0.5, 0.6) is 0 Å². The lowest BCUT2D eigenvalue weighted by Gasteiger charge is -2.29. The number of alkyl halides is 3. The predicted molar refractivity (Wildman–Crippen MR) is 129 cm³/mol. The van der Waals surface area contributed by atoms with Crippen molar-refractivity contribution in [1.29, 1.82) is 0 Å². The first-order valence-electron chi connectivity index (χ1n) is 9.49. The van der Waals surface area contributed by atoms with Gasteiger partial charge in [-0.3, -0.25) is 15.1 Å². The summed E-state index contributed by atoms with van der Waals surface area (Å²) in [6.45, 7) is 0.155. The van der Waals surface area contributed by atoms with E-state index in [1.165, 1.54) is 24.9 Å². The lowest BCUT2D eigenvalue weighted by molar-refractivity contribution is -0.269. The molecule has 3 rings (SSSR count). The van der Waals surface area contributed by atoms with Crippen LogP contribution in [0.25, 0.3) is 5.70 Å². The molecule has 2 N–H and O–H groups in total. The van der Waals surface area contributed by atoms with E-state index in [1.807, 2.05) is 0 Å². The largest absolute Gasteiger partial charge is 0.428 e. The molecule has 0 bridgehead atoms. The summed E-state index contributed by atoms with van der Waals surface area (Å²) < 4.78 is 47.4. The number of carbonyl (C=O) groups is 1. The highest BCUT2D eigenvalue weighted by Crippen LogP contribution is 2.49. The quantitative estimate of drug-likeness (QED) is 0.211. The molecule has 2 aromatic rings. The van der Waals surface area contributed by atoms with E-state index in [4.69, 9.17) is 56.0 Å². The maximum absolute atomic E-state index is 14.2. The molecule has 1 aliphatic rings. The van der Waals surface area contributed by atoms with Gasteiger partial charge in [0.05, 0.1) is 32.5 Å². The maximum Gasteiger partial charge on any atom is 0.428 e. The number of methoxy groups -OCH3 is 1. The summed E-state index contributed by atoms with van der Waals surface area (Å²) in [4.78, 5) is 16.9. The molecule has 1 atom stereocenters. The van der Waals surface area contributed by atoms with Crippen LogP contribution in [-0.4, -0.2) is 30.9 Å². The number of hydrogen-bond acceptors (Lipinski definition) is 5. The van der Waals surface area contributed by atoms with Crippen LogP contribution in [0.4, 0.5) is 13.2 Å². The molecule has 0 spiro atoms. The number of hydroxylamine groups is 1. The van der Waals surface area contributed by atoms with Crippen LogP contribution in [0, 0.1) is 0 Å². The van der Waals surface area contributed by atoms with Crippen LogP contribution in [0.1, 0.15) is 16.7 Å². The summed E-state index contributed by atoms with van der Waals surface area (Å²) in [5.74, 6) is 0.405. The van der Waals surface area contributed by atoms with Gasteiger partial charge in [0.15, 0.2) is 0 Å². The summed E-state index contributed by atoms with van der Waals surface area (Å²) in [5, 5.41) is 2.62. The third-order valence-electron chi connectivity index (χ3n) is 4.78. The third-order valence-corrected chi connectivity index (χ3v) is 7.20. The Labute approximate surface area is 217 Å². The molecule has 1 unspecified atom stereocenters. The van der Waals surface area contributed by atoms with Gasteiger partial charge >= 0.3 is 6.18 Å². The second kappa shape index (κ2) is 11.2. The van der Waals surface area contributed by atoms with E-state index in [9.17, 15) is 18.0 Å². The van der Waals surface area contributed by atoms with Crippen molar-refractivity contribution in [1.82, 2.24) is 10.8 Å². The SMILES string of the molecule is COCSCC(=O)NCc1ccc(C2=CC(c3cc(Cl)c(Cl)c(Cl)c3)(C(F)(F)F)ON2)cc1Cl. The first-order valence-corrected chi connectivity index (χ1v) is 12.2. The Morgan fingerprint density at radius 2 is 1.82 bits per heavy atom. The Hall–Kier alpha value is -1.33. The van der Waals surface area contributed by atoms with E-state index in [-0.39, 0.29) is 49.6 Å². The Morgan fingerprint density at radius 1 is 1.15 bits per heavy atom. The minimum atomic E-state index is -4.86. The van der Waals surface area contributed by atoms with Crippen molar-refractivity contribution < 1.29 is 27.5 Å². The predicted octanol–water partition coefficient (Wildman–Crippen LogP) is 6.59. The van der Waals surface area contributed by atoms with Gasteiger partial charge in [0.25, 0.3) is 0 Å². The van der Waals surface area contributed by atoms with E-state index in [0.717, 1.165) is 18.2 Å². The van der Waals surface area contributed by atoms with Crippen LogP contribution < -0.4 is 10.8 Å². The van der Waals surface area contributed by atoms with Gasteiger partial charge in [-0.25, -0.2) is 0 Å². The van der Waals surface area contributed by atoms with E-state index in [2.05, 4.69) is 10.8 Å². The smallest absolute Gasteiger partial charge is 0.374 e. The molecule has 2 aromatic carbocycles. The van der Waals surface area contributed by atoms with E-state index in [0.29, 0.717) is 17.1 Å². The number of benzene rings is 2. The highest BCUT2D eigenvalue weighted by molar-refractivity contribution is 7.99. The topological polar surface area (TPSA) is 59.6 Å². The summed E-state index contributed by atoms with van der Waals surface area (Å²) in [7, 11) is 1.53. The molecule has 5 nitrogen and oxygen atoms in total. The number of ether oxygens (including phenoxy) is 1. The van der Waals surface area contributed by atoms with Gasteiger partial charge in [-0.15, -0.1) is 11.8 Å². The molecular weight excluding hydrogens is 559 g/mol. The Kier molecular flexibility index (Phi) is 8.95. The van der Waals surface area contributed by atoms with E-state index in [1.54, 1.807) is 12.1 Å². The molecule has 34 heavy (non-hydrogen) atoms. The normalized spacial score (nSPS) is 17.9. The highest BCUT2D eigenvalue weighted by Gasteiger charge is 2.59. The van der Waals surface area contributed by atoms with Crippen LogP contribution >= 0.6 is 58.2 Å². The molecular formula is C21H17Cl4F3N2O3S. The summed E-state index contributed by atoms with van der Waals surface area (Å²) in [5.41, 5.74) is 0.0836. The molecule has 0 saturated heterocycles. The average molecular weight is 576 g/mol. The zero-order valence-electron chi connectivity index (χ0n) is 17.4. The Balaban J connectivity index is 1.85. The average Bonchev–Trinajstić information content (AvgIpc) is 3.23. The monoisotopic (exact) mass is 574 g/mol. The summed E-state index contributed by atoms with van der Waals surface area (Å²) in [6.07, 6.45) is -3.99. The minimum Gasteiger partial charge on any atom is -0.374 e. The lowest BCUT2D eigenvalue weighted by Crippen LogP contribution is -2.42. The van der Waals surface area contributed by atoms with Gasteiger partial charge in [0.1, 0.15) is 0 Å². The molecule has 184 valence electrons. The Morgan fingerprint density at radius 3 is 2.41 bits per heavy atom. The summed E-state index contributed by atoms with van der Waals surface area (Å²) in [6, 6.07) is 6.73. The molecule has 1 heterocycles. The first-order chi connectivity index (χ1) is 16.0. The second-order valence-electron chi connectivity index (χ2n) is 7.09. The number of thioether (sulfide) groups is 1. The molecule has 13 heteroatoms. The van der Waals surface area contributed by atoms with Crippen LogP contribution in [0.3, 0.4) is 0 Å². The maximum atomic E-state index is 14.2. The fourth-order valence-electron chi connectivity index (χ4n) is 3.08. The Bertz CT molecular complexity index is 1090. The van der Waals surface area contributed by atoms with Gasteiger partial charge in [-0.2, -0.15) is 13.2 Å². The molecule has 1 amide bonds. The standard InChI is InChI=1S/C21H17Cl4F3N2O3S/c1-32-10-34-9-18(31)29-8-12-3-2-11(4-14(12)22)17-7-20(33-30-17,21(26,27)28)13-5-15(23)19(25)16(24)6-13/h2-7,30H,8-10H2,1H3,(H,29,31). The van der Waals surface area contributed by atoms with Crippen LogP contribution in [0.15, 0.2) is 36.4 Å². The zero-order chi connectivity index (χ0) is 25.1. The molecule has 0 radical (unpaired) electrons. The fourth-order valence-corrected chi connectivity index (χ4v) is 4.46. The van der Waals surface area contributed by atoms with Gasteiger partial charge in [0, 0.05) is 29.8 Å². The van der Waals surface area contributed by atoms with Crippen LogP contribution in [0.2, 0.25) is 20.1 Å². The number of amides is 1. The van der Waals surface area contributed by atoms with Crippen molar-refractivity contribution in [3.05, 3.63) is 73.2 Å². The third kappa shape index (κ3) is 5.90. The van der Waals surface area contributed by atoms with Gasteiger partial charge in [0.2, 0.25) is 11.5 Å².